The van der Waals surface area contributed by atoms with Gasteiger partial charge in [0.05, 0.1) is 5.01 Å². The zero-order valence-corrected chi connectivity index (χ0v) is 11.9. The van der Waals surface area contributed by atoms with Crippen molar-refractivity contribution < 1.29 is 4.74 Å². The molecule has 18 heavy (non-hydrogen) atoms. The van der Waals surface area contributed by atoms with Crippen LogP contribution in [0.3, 0.4) is 0 Å². The van der Waals surface area contributed by atoms with E-state index in [0.29, 0.717) is 0 Å². The molecule has 0 saturated carbocycles. The number of thiazole rings is 1. The summed E-state index contributed by atoms with van der Waals surface area (Å²) in [4.78, 5) is 4.47. The van der Waals surface area contributed by atoms with Gasteiger partial charge >= 0.3 is 0 Å². The molecule has 0 spiro atoms. The lowest BCUT2D eigenvalue weighted by Crippen LogP contribution is -2.44. The molecule has 102 valence electrons. The highest BCUT2D eigenvalue weighted by molar-refractivity contribution is 7.09. The lowest BCUT2D eigenvalue weighted by molar-refractivity contribution is 0.0194. The first-order valence-corrected chi connectivity index (χ1v) is 7.52. The van der Waals surface area contributed by atoms with Crippen molar-refractivity contribution in [1.82, 2.24) is 10.3 Å². The van der Waals surface area contributed by atoms with Gasteiger partial charge in [0.15, 0.2) is 0 Å². The third-order valence-corrected chi connectivity index (χ3v) is 4.70. The van der Waals surface area contributed by atoms with Crippen LogP contribution in [0.15, 0.2) is 5.38 Å². The summed E-state index contributed by atoms with van der Waals surface area (Å²) in [5, 5.41) is 6.86. The highest BCUT2D eigenvalue weighted by Crippen LogP contribution is 2.28. The number of aromatic nitrogens is 1. The predicted octanol–water partition coefficient (Wildman–Crippen LogP) is 1.34. The van der Waals surface area contributed by atoms with E-state index in [0.717, 1.165) is 57.8 Å². The van der Waals surface area contributed by atoms with E-state index in [2.05, 4.69) is 15.7 Å². The van der Waals surface area contributed by atoms with Gasteiger partial charge in [-0.25, -0.2) is 4.98 Å². The molecular formula is C13H23N3OS. The van der Waals surface area contributed by atoms with Gasteiger partial charge in [0, 0.05) is 43.8 Å². The Hall–Kier alpha value is -0.490. The van der Waals surface area contributed by atoms with Gasteiger partial charge < -0.3 is 15.8 Å². The quantitative estimate of drug-likeness (QED) is 0.765. The second-order valence-corrected chi connectivity index (χ2v) is 6.07. The van der Waals surface area contributed by atoms with E-state index in [1.54, 1.807) is 11.3 Å². The van der Waals surface area contributed by atoms with Crippen molar-refractivity contribution in [2.24, 2.45) is 11.1 Å². The van der Waals surface area contributed by atoms with Crippen LogP contribution >= 0.6 is 11.3 Å². The lowest BCUT2D eigenvalue weighted by Gasteiger charge is -2.36. The van der Waals surface area contributed by atoms with Crippen molar-refractivity contribution >= 4 is 11.3 Å². The fourth-order valence-electron chi connectivity index (χ4n) is 2.32. The minimum absolute atomic E-state index is 0.247. The van der Waals surface area contributed by atoms with E-state index in [1.807, 2.05) is 6.92 Å². The summed E-state index contributed by atoms with van der Waals surface area (Å²) >= 11 is 1.74. The third kappa shape index (κ3) is 3.75. The molecule has 1 saturated heterocycles. The maximum absolute atomic E-state index is 5.93. The van der Waals surface area contributed by atoms with Crippen LogP contribution in [-0.4, -0.2) is 37.8 Å². The summed E-state index contributed by atoms with van der Waals surface area (Å²) in [5.74, 6) is 0. The fraction of sp³-hybridized carbons (Fsp3) is 0.769. The predicted molar refractivity (Wildman–Crippen MR) is 75.0 cm³/mol. The standard InChI is InChI=1S/C13H23N3OS/c1-11-8-18-12(16-11)2-5-15-10-13(9-14)3-6-17-7-4-13/h8,15H,2-7,9-10,14H2,1H3. The molecule has 0 bridgehead atoms. The molecular weight excluding hydrogens is 246 g/mol. The maximum atomic E-state index is 5.93. The number of hydrogen-bond donors (Lipinski definition) is 2. The first kappa shape index (κ1) is 13.9. The summed E-state index contributed by atoms with van der Waals surface area (Å²) in [6, 6.07) is 0. The highest BCUT2D eigenvalue weighted by atomic mass is 32.1. The van der Waals surface area contributed by atoms with Crippen LogP contribution in [0.2, 0.25) is 0 Å². The van der Waals surface area contributed by atoms with Gasteiger partial charge in [-0.2, -0.15) is 0 Å². The van der Waals surface area contributed by atoms with Crippen LogP contribution in [0.5, 0.6) is 0 Å². The second kappa shape index (κ2) is 6.61. The van der Waals surface area contributed by atoms with Gasteiger partial charge in [-0.15, -0.1) is 11.3 Å². The Morgan fingerprint density at radius 3 is 2.89 bits per heavy atom. The van der Waals surface area contributed by atoms with Crippen LogP contribution < -0.4 is 11.1 Å². The van der Waals surface area contributed by atoms with Crippen molar-refractivity contribution in [3.8, 4) is 0 Å². The third-order valence-electron chi connectivity index (χ3n) is 3.67. The van der Waals surface area contributed by atoms with E-state index in [4.69, 9.17) is 10.5 Å². The van der Waals surface area contributed by atoms with E-state index < -0.39 is 0 Å². The largest absolute Gasteiger partial charge is 0.381 e. The van der Waals surface area contributed by atoms with Crippen LogP contribution in [0.4, 0.5) is 0 Å². The molecule has 5 heteroatoms. The van der Waals surface area contributed by atoms with Gasteiger partial charge in [-0.05, 0) is 31.7 Å². The Bertz CT molecular complexity index is 361. The summed E-state index contributed by atoms with van der Waals surface area (Å²) in [6.45, 7) is 6.47. The van der Waals surface area contributed by atoms with Crippen LogP contribution in [0.1, 0.15) is 23.5 Å². The number of nitrogens with two attached hydrogens (primary N) is 1. The molecule has 0 radical (unpaired) electrons. The molecule has 0 aliphatic carbocycles. The molecule has 1 aromatic rings. The first-order valence-electron chi connectivity index (χ1n) is 6.64. The Morgan fingerprint density at radius 2 is 2.28 bits per heavy atom. The summed E-state index contributed by atoms with van der Waals surface area (Å²) in [7, 11) is 0. The molecule has 4 nitrogen and oxygen atoms in total. The second-order valence-electron chi connectivity index (χ2n) is 5.13. The van der Waals surface area contributed by atoms with Crippen molar-refractivity contribution in [2.45, 2.75) is 26.2 Å². The number of aryl methyl sites for hydroxylation is 1. The Kier molecular flexibility index (Phi) is 5.12. The van der Waals surface area contributed by atoms with E-state index in [-0.39, 0.29) is 5.41 Å². The zero-order valence-electron chi connectivity index (χ0n) is 11.1. The number of nitrogens with one attached hydrogen (secondary N) is 1. The van der Waals surface area contributed by atoms with Gasteiger partial charge in [0.2, 0.25) is 0 Å². The van der Waals surface area contributed by atoms with E-state index >= 15 is 0 Å². The van der Waals surface area contributed by atoms with Crippen molar-refractivity contribution in [1.29, 1.82) is 0 Å². The minimum Gasteiger partial charge on any atom is -0.381 e. The summed E-state index contributed by atoms with van der Waals surface area (Å²) < 4.78 is 5.41. The van der Waals surface area contributed by atoms with Crippen molar-refractivity contribution in [3.63, 3.8) is 0 Å². The molecule has 1 fully saturated rings. The Labute approximate surface area is 113 Å². The smallest absolute Gasteiger partial charge is 0.0940 e. The van der Waals surface area contributed by atoms with E-state index in [9.17, 15) is 0 Å². The van der Waals surface area contributed by atoms with Crippen molar-refractivity contribution in [2.75, 3.05) is 32.8 Å². The molecule has 0 aromatic carbocycles. The molecule has 0 unspecified atom stereocenters. The molecule has 3 N–H and O–H groups in total. The number of ether oxygens (including phenoxy) is 1. The first-order chi connectivity index (χ1) is 8.74. The van der Waals surface area contributed by atoms with Gasteiger partial charge in [0.1, 0.15) is 0 Å². The molecule has 0 atom stereocenters. The van der Waals surface area contributed by atoms with E-state index in [1.165, 1.54) is 5.01 Å². The average Bonchev–Trinajstić information content (AvgIpc) is 2.82. The monoisotopic (exact) mass is 269 g/mol. The average molecular weight is 269 g/mol. The highest BCUT2D eigenvalue weighted by Gasteiger charge is 2.30. The van der Waals surface area contributed by atoms with Crippen LogP contribution in [-0.2, 0) is 11.2 Å². The minimum atomic E-state index is 0.247. The molecule has 0 amide bonds. The maximum Gasteiger partial charge on any atom is 0.0940 e. The topological polar surface area (TPSA) is 60.2 Å². The van der Waals surface area contributed by atoms with Gasteiger partial charge in [0.25, 0.3) is 0 Å². The molecule has 1 aromatic heterocycles. The molecule has 1 aliphatic rings. The summed E-state index contributed by atoms with van der Waals surface area (Å²) in [5.41, 5.74) is 7.30. The van der Waals surface area contributed by atoms with Crippen molar-refractivity contribution in [3.05, 3.63) is 16.1 Å². The Morgan fingerprint density at radius 1 is 1.50 bits per heavy atom. The molecule has 1 aliphatic heterocycles. The fourth-order valence-corrected chi connectivity index (χ4v) is 3.10. The Balaban J connectivity index is 1.70. The van der Waals surface area contributed by atoms with Crippen LogP contribution in [0, 0.1) is 12.3 Å². The van der Waals surface area contributed by atoms with Crippen LogP contribution in [0.25, 0.3) is 0 Å². The number of nitrogens with zero attached hydrogens (tertiary/aromatic N) is 1. The number of hydrogen-bond acceptors (Lipinski definition) is 5. The van der Waals surface area contributed by atoms with Gasteiger partial charge in [-0.3, -0.25) is 0 Å². The number of rotatable bonds is 6. The molecule has 2 heterocycles. The SMILES string of the molecule is Cc1csc(CCNCC2(CN)CCOCC2)n1. The lowest BCUT2D eigenvalue weighted by atomic mass is 9.80. The normalized spacial score (nSPS) is 19.0. The summed E-state index contributed by atoms with van der Waals surface area (Å²) in [6.07, 6.45) is 3.16. The zero-order chi connectivity index (χ0) is 12.8. The molecule has 2 rings (SSSR count). The van der Waals surface area contributed by atoms with Gasteiger partial charge in [-0.1, -0.05) is 0 Å².